The van der Waals surface area contributed by atoms with Crippen LogP contribution in [0.15, 0.2) is 106 Å². The number of ether oxygens (including phenoxy) is 1. The maximum absolute atomic E-state index is 12.6. The van der Waals surface area contributed by atoms with E-state index >= 15 is 0 Å². The van der Waals surface area contributed by atoms with Gasteiger partial charge in [0.2, 0.25) is 0 Å². The molecule has 0 spiro atoms. The molecule has 3 N–H and O–H groups in total. The molecule has 0 radical (unpaired) electrons. The quantitative estimate of drug-likeness (QED) is 0.101. The maximum Gasteiger partial charge on any atom is 0.271 e. The summed E-state index contributed by atoms with van der Waals surface area (Å²) in [7, 11) is 0. The summed E-state index contributed by atoms with van der Waals surface area (Å²) < 4.78 is 6.23. The highest BCUT2D eigenvalue weighted by Gasteiger charge is 2.10. The number of benzene rings is 4. The minimum Gasteiger partial charge on any atom is -0.483 e. The third kappa shape index (κ3) is 8.42. The van der Waals surface area contributed by atoms with E-state index in [0.717, 1.165) is 22.1 Å². The van der Waals surface area contributed by atoms with Crippen molar-refractivity contribution < 1.29 is 14.3 Å². The summed E-state index contributed by atoms with van der Waals surface area (Å²) in [6, 6.07) is 27.0. The van der Waals surface area contributed by atoms with Crippen LogP contribution in [-0.4, -0.2) is 29.6 Å². The van der Waals surface area contributed by atoms with E-state index in [2.05, 4.69) is 42.1 Å². The first kappa shape index (κ1) is 30.2. The van der Waals surface area contributed by atoms with Gasteiger partial charge in [-0.2, -0.15) is 5.10 Å². The first-order chi connectivity index (χ1) is 20.8. The molecule has 4 aromatic carbocycles. The third-order valence-corrected chi connectivity index (χ3v) is 7.99. The number of thiazole rings is 1. The fourth-order valence-electron chi connectivity index (χ4n) is 3.76. The minimum absolute atomic E-state index is 0.213. The predicted molar refractivity (Wildman–Crippen MR) is 177 cm³/mol. The number of halogens is 3. The average molecular weight is 695 g/mol. The number of carbonyl (C=O) groups excluding carboxylic acids is 2. The van der Waals surface area contributed by atoms with Gasteiger partial charge in [-0.05, 0) is 82.2 Å². The molecular weight excluding hydrogens is 673 g/mol. The van der Waals surface area contributed by atoms with Gasteiger partial charge >= 0.3 is 0 Å². The molecule has 0 aliphatic carbocycles. The van der Waals surface area contributed by atoms with Gasteiger partial charge in [-0.15, -0.1) is 11.3 Å². The van der Waals surface area contributed by atoms with Crippen molar-refractivity contribution >= 4 is 85.0 Å². The topological polar surface area (TPSA) is 105 Å². The molecule has 5 aromatic rings. The molecule has 0 aliphatic heterocycles. The molecule has 0 aliphatic rings. The van der Waals surface area contributed by atoms with Crippen molar-refractivity contribution in [3.8, 4) is 17.0 Å². The number of para-hydroxylation sites is 1. The summed E-state index contributed by atoms with van der Waals surface area (Å²) in [5, 5.41) is 13.5. The van der Waals surface area contributed by atoms with Crippen molar-refractivity contribution in [1.82, 2.24) is 10.4 Å². The zero-order chi connectivity index (χ0) is 30.2. The van der Waals surface area contributed by atoms with Crippen LogP contribution in [0.4, 0.5) is 16.5 Å². The molecular formula is C31H22BrCl2N5O3S. The summed E-state index contributed by atoms with van der Waals surface area (Å²) in [6.45, 7) is -0.213. The molecule has 216 valence electrons. The van der Waals surface area contributed by atoms with Crippen LogP contribution in [0.5, 0.6) is 5.75 Å². The Bertz CT molecular complexity index is 1780. The van der Waals surface area contributed by atoms with Gasteiger partial charge in [-0.3, -0.25) is 9.59 Å². The molecule has 0 bridgehead atoms. The van der Waals surface area contributed by atoms with E-state index in [1.54, 1.807) is 48.5 Å². The van der Waals surface area contributed by atoms with Crippen molar-refractivity contribution in [2.24, 2.45) is 5.10 Å². The number of anilines is 3. The third-order valence-electron chi connectivity index (χ3n) is 5.87. The Hall–Kier alpha value is -4.22. The average Bonchev–Trinajstić information content (AvgIpc) is 3.47. The second kappa shape index (κ2) is 14.3. The highest BCUT2D eigenvalue weighted by molar-refractivity contribution is 9.10. The zero-order valence-corrected chi connectivity index (χ0v) is 26.1. The van der Waals surface area contributed by atoms with Crippen LogP contribution in [0.1, 0.15) is 15.9 Å². The van der Waals surface area contributed by atoms with E-state index in [-0.39, 0.29) is 18.4 Å². The summed E-state index contributed by atoms with van der Waals surface area (Å²) in [5.74, 6) is -0.240. The first-order valence-corrected chi connectivity index (χ1v) is 15.2. The fourth-order valence-corrected chi connectivity index (χ4v) is 5.31. The second-order valence-electron chi connectivity index (χ2n) is 8.96. The number of hydrazone groups is 1. The standard InChI is InChI=1S/C31H22BrCl2N5O3S/c32-24-14-19(6-13-28(24)42-17-29(40)36-23-11-12-25(33)26(34)15-23)16-35-39-30(41)21-9-7-20(8-10-21)27-18-43-31(38-27)37-22-4-2-1-3-5-22/h1-16,18H,17H2,(H,36,40)(H,37,38)(H,39,41)/b35-16+. The number of hydrogen-bond acceptors (Lipinski definition) is 7. The Morgan fingerprint density at radius 2 is 1.72 bits per heavy atom. The number of hydrogen-bond donors (Lipinski definition) is 3. The van der Waals surface area contributed by atoms with Gasteiger partial charge in [0.25, 0.3) is 11.8 Å². The Kier molecular flexibility index (Phi) is 10.1. The molecule has 2 amide bonds. The number of nitrogens with zero attached hydrogens (tertiary/aromatic N) is 2. The van der Waals surface area contributed by atoms with Gasteiger partial charge in [-0.1, -0.05) is 53.5 Å². The molecule has 0 saturated heterocycles. The molecule has 1 heterocycles. The lowest BCUT2D eigenvalue weighted by atomic mass is 10.1. The Morgan fingerprint density at radius 3 is 2.47 bits per heavy atom. The van der Waals surface area contributed by atoms with Gasteiger partial charge in [0, 0.05) is 27.9 Å². The number of aromatic nitrogens is 1. The number of carbonyl (C=O) groups is 2. The largest absolute Gasteiger partial charge is 0.483 e. The molecule has 0 saturated carbocycles. The predicted octanol–water partition coefficient (Wildman–Crippen LogP) is 8.40. The van der Waals surface area contributed by atoms with Gasteiger partial charge in [0.1, 0.15) is 5.75 Å². The van der Waals surface area contributed by atoms with E-state index in [9.17, 15) is 9.59 Å². The van der Waals surface area contributed by atoms with Crippen LogP contribution >= 0.6 is 50.5 Å². The molecule has 43 heavy (non-hydrogen) atoms. The molecule has 0 unspecified atom stereocenters. The smallest absolute Gasteiger partial charge is 0.271 e. The number of amides is 2. The zero-order valence-electron chi connectivity index (χ0n) is 22.2. The molecule has 1 aromatic heterocycles. The molecule has 12 heteroatoms. The van der Waals surface area contributed by atoms with Gasteiger partial charge in [-0.25, -0.2) is 10.4 Å². The second-order valence-corrected chi connectivity index (χ2v) is 11.5. The highest BCUT2D eigenvalue weighted by Crippen LogP contribution is 2.28. The molecule has 0 atom stereocenters. The lowest BCUT2D eigenvalue weighted by Gasteiger charge is -2.10. The summed E-state index contributed by atoms with van der Waals surface area (Å²) in [5.41, 5.74) is 6.90. The van der Waals surface area contributed by atoms with Crippen molar-refractivity contribution in [2.75, 3.05) is 17.2 Å². The van der Waals surface area contributed by atoms with Crippen LogP contribution in [0.25, 0.3) is 11.3 Å². The molecule has 8 nitrogen and oxygen atoms in total. The Morgan fingerprint density at radius 1 is 0.930 bits per heavy atom. The van der Waals surface area contributed by atoms with Gasteiger partial charge in [0.05, 0.1) is 26.4 Å². The van der Waals surface area contributed by atoms with E-state index in [1.165, 1.54) is 17.6 Å². The SMILES string of the molecule is O=C(COc1ccc(/C=N/NC(=O)c2ccc(-c3csc(Nc4ccccc4)n3)cc2)cc1Br)Nc1ccc(Cl)c(Cl)c1. The van der Waals surface area contributed by atoms with E-state index < -0.39 is 0 Å². The maximum atomic E-state index is 12.6. The number of rotatable bonds is 10. The summed E-state index contributed by atoms with van der Waals surface area (Å²) in [4.78, 5) is 29.5. The van der Waals surface area contributed by atoms with Gasteiger partial charge in [0.15, 0.2) is 11.7 Å². The van der Waals surface area contributed by atoms with Crippen LogP contribution in [0.2, 0.25) is 10.0 Å². The van der Waals surface area contributed by atoms with Crippen LogP contribution in [-0.2, 0) is 4.79 Å². The fraction of sp³-hybridized carbons (Fsp3) is 0.0323. The lowest BCUT2D eigenvalue weighted by molar-refractivity contribution is -0.118. The minimum atomic E-state index is -0.358. The van der Waals surface area contributed by atoms with Crippen LogP contribution in [0, 0.1) is 0 Å². The normalized spacial score (nSPS) is 10.9. The summed E-state index contributed by atoms with van der Waals surface area (Å²) >= 11 is 16.8. The van der Waals surface area contributed by atoms with Crippen molar-refractivity contribution in [2.45, 2.75) is 0 Å². The van der Waals surface area contributed by atoms with Crippen LogP contribution < -0.4 is 20.8 Å². The molecule has 5 rings (SSSR count). The Labute approximate surface area is 269 Å². The lowest BCUT2D eigenvalue weighted by Crippen LogP contribution is -2.20. The van der Waals surface area contributed by atoms with E-state index in [4.69, 9.17) is 27.9 Å². The number of nitrogens with one attached hydrogen (secondary N) is 3. The van der Waals surface area contributed by atoms with E-state index in [0.29, 0.717) is 37.1 Å². The first-order valence-electron chi connectivity index (χ1n) is 12.7. The van der Waals surface area contributed by atoms with Gasteiger partial charge < -0.3 is 15.4 Å². The van der Waals surface area contributed by atoms with Crippen molar-refractivity contribution in [3.63, 3.8) is 0 Å². The highest BCUT2D eigenvalue weighted by atomic mass is 79.9. The molecule has 0 fully saturated rings. The summed E-state index contributed by atoms with van der Waals surface area (Å²) in [6.07, 6.45) is 1.51. The van der Waals surface area contributed by atoms with Crippen LogP contribution in [0.3, 0.4) is 0 Å². The van der Waals surface area contributed by atoms with E-state index in [1.807, 2.05) is 47.8 Å². The van der Waals surface area contributed by atoms with Crippen molar-refractivity contribution in [3.05, 3.63) is 122 Å². The Balaban J connectivity index is 1.10. The van der Waals surface area contributed by atoms with Crippen molar-refractivity contribution in [1.29, 1.82) is 0 Å². The monoisotopic (exact) mass is 693 g/mol.